The van der Waals surface area contributed by atoms with Crippen LogP contribution in [0.25, 0.3) is 0 Å². The molecule has 2 amide bonds. The van der Waals surface area contributed by atoms with Crippen LogP contribution < -0.4 is 14.4 Å². The summed E-state index contributed by atoms with van der Waals surface area (Å²) in [6.07, 6.45) is 1.01. The summed E-state index contributed by atoms with van der Waals surface area (Å²) in [5, 5.41) is 3.05. The predicted octanol–water partition coefficient (Wildman–Crippen LogP) is 4.07. The molecule has 0 spiro atoms. The van der Waals surface area contributed by atoms with E-state index in [0.29, 0.717) is 12.3 Å². The zero-order chi connectivity index (χ0) is 26.3. The fourth-order valence-electron chi connectivity index (χ4n) is 3.29. The molecule has 1 atom stereocenters. The number of halogens is 2. The standard InChI is InChI=1S/C24H31BrClN3O5S/c1-16(2)13-27-24(31)17(3)28(14-18-7-6-8-19(25)11-18)23(30)15-29(35(5,32)33)20-9-10-22(34-4)21(26)12-20/h6-12,16-17H,13-15H2,1-5H3,(H,27,31). The Balaban J connectivity index is 2.39. The van der Waals surface area contributed by atoms with Gasteiger partial charge < -0.3 is 15.0 Å². The summed E-state index contributed by atoms with van der Waals surface area (Å²) in [6.45, 7) is 5.65. The Bertz CT molecular complexity index is 1160. The molecule has 1 unspecified atom stereocenters. The van der Waals surface area contributed by atoms with E-state index in [1.165, 1.54) is 30.2 Å². The number of amides is 2. The summed E-state index contributed by atoms with van der Waals surface area (Å²) in [4.78, 5) is 27.7. The maximum atomic E-state index is 13.5. The third-order valence-electron chi connectivity index (χ3n) is 5.20. The highest BCUT2D eigenvalue weighted by Gasteiger charge is 2.30. The molecule has 192 valence electrons. The average Bonchev–Trinajstić information content (AvgIpc) is 2.78. The van der Waals surface area contributed by atoms with Crippen molar-refractivity contribution in [2.45, 2.75) is 33.4 Å². The summed E-state index contributed by atoms with van der Waals surface area (Å²) in [7, 11) is -2.40. The number of hydrogen-bond acceptors (Lipinski definition) is 5. The van der Waals surface area contributed by atoms with Gasteiger partial charge in [-0.15, -0.1) is 0 Å². The second kappa shape index (κ2) is 12.6. The molecule has 2 aromatic rings. The number of benzene rings is 2. The Kier molecular flexibility index (Phi) is 10.4. The van der Waals surface area contributed by atoms with E-state index in [4.69, 9.17) is 16.3 Å². The Hall–Kier alpha value is -2.30. The van der Waals surface area contributed by atoms with Crippen LogP contribution in [0.15, 0.2) is 46.9 Å². The van der Waals surface area contributed by atoms with Crippen molar-refractivity contribution >= 4 is 55.1 Å². The molecule has 2 rings (SSSR count). The molecule has 0 saturated heterocycles. The first-order valence-corrected chi connectivity index (χ1v) is 14.0. The molecule has 0 aliphatic rings. The first-order valence-electron chi connectivity index (χ1n) is 11.0. The number of nitrogens with one attached hydrogen (secondary N) is 1. The first kappa shape index (κ1) is 28.9. The van der Waals surface area contributed by atoms with Gasteiger partial charge in [-0.05, 0) is 48.7 Å². The van der Waals surface area contributed by atoms with Gasteiger partial charge in [0.25, 0.3) is 0 Å². The quantitative estimate of drug-likeness (QED) is 0.427. The molecule has 0 aromatic heterocycles. The summed E-state index contributed by atoms with van der Waals surface area (Å²) in [5.74, 6) is -0.238. The molecule has 0 bridgehead atoms. The maximum Gasteiger partial charge on any atom is 0.244 e. The zero-order valence-corrected chi connectivity index (χ0v) is 23.6. The van der Waals surface area contributed by atoms with E-state index in [0.717, 1.165) is 20.6 Å². The van der Waals surface area contributed by atoms with Crippen LogP contribution >= 0.6 is 27.5 Å². The first-order chi connectivity index (χ1) is 16.3. The molecule has 2 aromatic carbocycles. The van der Waals surface area contributed by atoms with Crippen LogP contribution in [0.3, 0.4) is 0 Å². The largest absolute Gasteiger partial charge is 0.495 e. The summed E-state index contributed by atoms with van der Waals surface area (Å²) in [6, 6.07) is 11.0. The highest BCUT2D eigenvalue weighted by atomic mass is 79.9. The number of nitrogens with zero attached hydrogens (tertiary/aromatic N) is 2. The smallest absolute Gasteiger partial charge is 0.244 e. The monoisotopic (exact) mass is 587 g/mol. The molecule has 0 heterocycles. The van der Waals surface area contributed by atoms with E-state index in [1.54, 1.807) is 6.92 Å². The van der Waals surface area contributed by atoms with Gasteiger partial charge in [0.1, 0.15) is 18.3 Å². The number of carbonyl (C=O) groups is 2. The number of sulfonamides is 1. The third kappa shape index (κ3) is 8.40. The Labute approximate surface area is 220 Å². The molecule has 0 aliphatic carbocycles. The fourth-order valence-corrected chi connectivity index (χ4v) is 4.83. The van der Waals surface area contributed by atoms with E-state index in [9.17, 15) is 18.0 Å². The van der Waals surface area contributed by atoms with Gasteiger partial charge in [0, 0.05) is 17.6 Å². The number of methoxy groups -OCH3 is 1. The van der Waals surface area contributed by atoms with E-state index >= 15 is 0 Å². The second-order valence-corrected chi connectivity index (χ2v) is 11.8. The number of rotatable bonds is 11. The topological polar surface area (TPSA) is 96.0 Å². The summed E-state index contributed by atoms with van der Waals surface area (Å²) < 4.78 is 32.2. The molecule has 0 saturated carbocycles. The van der Waals surface area contributed by atoms with Crippen LogP contribution in [0.2, 0.25) is 5.02 Å². The number of anilines is 1. The molecular formula is C24H31BrClN3O5S. The molecule has 35 heavy (non-hydrogen) atoms. The lowest BCUT2D eigenvalue weighted by atomic mass is 10.1. The van der Waals surface area contributed by atoms with Crippen molar-refractivity contribution in [1.29, 1.82) is 0 Å². The van der Waals surface area contributed by atoms with Crippen LogP contribution in [0, 0.1) is 5.92 Å². The van der Waals surface area contributed by atoms with Crippen molar-refractivity contribution in [3.8, 4) is 5.75 Å². The minimum atomic E-state index is -3.85. The summed E-state index contributed by atoms with van der Waals surface area (Å²) in [5.41, 5.74) is 1.00. The molecule has 1 N–H and O–H groups in total. The Morgan fingerprint density at radius 3 is 2.37 bits per heavy atom. The van der Waals surface area contributed by atoms with Gasteiger partial charge in [0.05, 0.1) is 24.1 Å². The lowest BCUT2D eigenvalue weighted by molar-refractivity contribution is -0.139. The number of carbonyl (C=O) groups excluding carboxylic acids is 2. The minimum absolute atomic E-state index is 0.121. The number of ether oxygens (including phenoxy) is 1. The molecule has 0 radical (unpaired) electrons. The van der Waals surface area contributed by atoms with Crippen molar-refractivity contribution in [2.24, 2.45) is 5.92 Å². The van der Waals surface area contributed by atoms with Crippen molar-refractivity contribution in [3.05, 3.63) is 57.5 Å². The van der Waals surface area contributed by atoms with Crippen LogP contribution in [-0.2, 0) is 26.2 Å². The van der Waals surface area contributed by atoms with Crippen molar-refractivity contribution in [1.82, 2.24) is 10.2 Å². The van der Waals surface area contributed by atoms with E-state index in [2.05, 4.69) is 21.2 Å². The fraction of sp³-hybridized carbons (Fsp3) is 0.417. The van der Waals surface area contributed by atoms with E-state index in [1.807, 2.05) is 38.1 Å². The SMILES string of the molecule is COc1ccc(N(CC(=O)N(Cc2cccc(Br)c2)C(C)C(=O)NCC(C)C)S(C)(=O)=O)cc1Cl. The summed E-state index contributed by atoms with van der Waals surface area (Å²) >= 11 is 9.62. The van der Waals surface area contributed by atoms with Crippen molar-refractivity contribution in [3.63, 3.8) is 0 Å². The van der Waals surface area contributed by atoms with Crippen molar-refractivity contribution in [2.75, 3.05) is 30.8 Å². The second-order valence-electron chi connectivity index (χ2n) is 8.56. The normalized spacial score (nSPS) is 12.2. The lowest BCUT2D eigenvalue weighted by Crippen LogP contribution is -2.51. The highest BCUT2D eigenvalue weighted by molar-refractivity contribution is 9.10. The third-order valence-corrected chi connectivity index (χ3v) is 7.13. The van der Waals surface area contributed by atoms with Gasteiger partial charge in [-0.1, -0.05) is 53.5 Å². The molecular weight excluding hydrogens is 558 g/mol. The molecule has 11 heteroatoms. The van der Waals surface area contributed by atoms with Gasteiger partial charge >= 0.3 is 0 Å². The average molecular weight is 589 g/mol. The van der Waals surface area contributed by atoms with E-state index < -0.39 is 28.5 Å². The van der Waals surface area contributed by atoms with Crippen LogP contribution in [0.5, 0.6) is 5.75 Å². The highest BCUT2D eigenvalue weighted by Crippen LogP contribution is 2.30. The van der Waals surface area contributed by atoms with Crippen molar-refractivity contribution < 1.29 is 22.7 Å². The predicted molar refractivity (Wildman–Crippen MR) is 142 cm³/mol. The molecule has 8 nitrogen and oxygen atoms in total. The molecule has 0 aliphatic heterocycles. The van der Waals surface area contributed by atoms with Gasteiger partial charge in [-0.3, -0.25) is 13.9 Å². The van der Waals surface area contributed by atoms with Crippen LogP contribution in [-0.4, -0.2) is 57.6 Å². The minimum Gasteiger partial charge on any atom is -0.495 e. The van der Waals surface area contributed by atoms with Gasteiger partial charge in [-0.25, -0.2) is 8.42 Å². The zero-order valence-electron chi connectivity index (χ0n) is 20.4. The van der Waals surface area contributed by atoms with Gasteiger partial charge in [0.2, 0.25) is 21.8 Å². The Morgan fingerprint density at radius 1 is 1.14 bits per heavy atom. The molecule has 0 fully saturated rings. The van der Waals surface area contributed by atoms with Gasteiger partial charge in [-0.2, -0.15) is 0 Å². The van der Waals surface area contributed by atoms with E-state index in [-0.39, 0.29) is 29.1 Å². The number of hydrogen-bond donors (Lipinski definition) is 1. The maximum absolute atomic E-state index is 13.5. The Morgan fingerprint density at radius 2 is 1.83 bits per heavy atom. The van der Waals surface area contributed by atoms with Gasteiger partial charge in [0.15, 0.2) is 0 Å². The van der Waals surface area contributed by atoms with Crippen LogP contribution in [0.4, 0.5) is 5.69 Å². The van der Waals surface area contributed by atoms with Crippen LogP contribution in [0.1, 0.15) is 26.3 Å². The lowest BCUT2D eigenvalue weighted by Gasteiger charge is -2.31.